The molecule has 2 aromatic rings. The zero-order valence-corrected chi connectivity index (χ0v) is 8.45. The van der Waals surface area contributed by atoms with Gasteiger partial charge in [0.25, 0.3) is 0 Å². The first-order chi connectivity index (χ1) is 7.93. The van der Waals surface area contributed by atoms with Crippen LogP contribution in [0.3, 0.4) is 0 Å². The monoisotopic (exact) mass is 248 g/mol. The van der Waals surface area contributed by atoms with Crippen LogP contribution in [0.25, 0.3) is 11.1 Å². The number of benzene rings is 1. The molecule has 0 unspecified atom stereocenters. The van der Waals surface area contributed by atoms with Gasteiger partial charge in [-0.15, -0.1) is 0 Å². The summed E-state index contributed by atoms with van der Waals surface area (Å²) in [6.45, 7) is 1.48. The van der Waals surface area contributed by atoms with Crippen molar-refractivity contribution in [1.82, 2.24) is 0 Å². The number of rotatable bonds is 1. The molecule has 1 aromatic heterocycles. The van der Waals surface area contributed by atoms with Crippen LogP contribution < -0.4 is 0 Å². The van der Waals surface area contributed by atoms with Crippen LogP contribution >= 0.6 is 0 Å². The first-order valence-electron chi connectivity index (χ1n) is 4.50. The third-order valence-corrected chi connectivity index (χ3v) is 2.23. The van der Waals surface area contributed by atoms with Gasteiger partial charge in [-0.25, -0.2) is 22.0 Å². The Morgan fingerprint density at radius 1 is 0.824 bits per heavy atom. The average molecular weight is 248 g/mol. The lowest BCUT2D eigenvalue weighted by Gasteiger charge is -2.05. The maximum Gasteiger partial charge on any atom is 0.200 e. The van der Waals surface area contributed by atoms with Gasteiger partial charge in [0.05, 0.1) is 11.8 Å². The highest BCUT2D eigenvalue weighted by atomic mass is 19.2. The molecule has 0 saturated heterocycles. The molecule has 0 aliphatic carbocycles. The number of hydrogen-bond donors (Lipinski definition) is 0. The van der Waals surface area contributed by atoms with Crippen LogP contribution in [-0.2, 0) is 0 Å². The molecule has 6 heteroatoms. The smallest absolute Gasteiger partial charge is 0.200 e. The Hall–Kier alpha value is -1.85. The molecule has 2 rings (SSSR count). The quantitative estimate of drug-likeness (QED) is 0.423. The van der Waals surface area contributed by atoms with Gasteiger partial charge in [-0.05, 0) is 13.0 Å². The lowest BCUT2D eigenvalue weighted by atomic mass is 10.1. The highest BCUT2D eigenvalue weighted by Gasteiger charge is 2.27. The largest absolute Gasteiger partial charge is 0.469 e. The maximum atomic E-state index is 13.3. The summed E-state index contributed by atoms with van der Waals surface area (Å²) >= 11 is 0. The second kappa shape index (κ2) is 3.87. The summed E-state index contributed by atoms with van der Waals surface area (Å²) in [7, 11) is 0. The zero-order chi connectivity index (χ0) is 12.7. The molecule has 0 atom stereocenters. The average Bonchev–Trinajstić information content (AvgIpc) is 2.71. The van der Waals surface area contributed by atoms with E-state index in [0.29, 0.717) is 5.76 Å². The van der Waals surface area contributed by atoms with Gasteiger partial charge in [0.2, 0.25) is 5.82 Å². The Kier molecular flexibility index (Phi) is 2.65. The lowest BCUT2D eigenvalue weighted by molar-refractivity contribution is 0.381. The van der Waals surface area contributed by atoms with Crippen LogP contribution in [0, 0.1) is 36.0 Å². The van der Waals surface area contributed by atoms with Gasteiger partial charge in [0.15, 0.2) is 23.3 Å². The number of halogens is 5. The molecule has 0 saturated carbocycles. The fourth-order valence-electron chi connectivity index (χ4n) is 1.43. The first kappa shape index (κ1) is 11.6. The molecule has 0 fully saturated rings. The Morgan fingerprint density at radius 3 is 1.71 bits per heavy atom. The highest BCUT2D eigenvalue weighted by molar-refractivity contribution is 5.64. The van der Waals surface area contributed by atoms with Crippen molar-refractivity contribution in [3.8, 4) is 11.1 Å². The second-order valence-electron chi connectivity index (χ2n) is 3.39. The van der Waals surface area contributed by atoms with Crippen molar-refractivity contribution < 1.29 is 26.4 Å². The van der Waals surface area contributed by atoms with Crippen molar-refractivity contribution in [3.63, 3.8) is 0 Å². The van der Waals surface area contributed by atoms with Crippen LogP contribution in [0.5, 0.6) is 0 Å². The van der Waals surface area contributed by atoms with E-state index < -0.39 is 34.6 Å². The molecular weight excluding hydrogens is 243 g/mol. The number of aryl methyl sites for hydroxylation is 1. The van der Waals surface area contributed by atoms with Gasteiger partial charge in [0.1, 0.15) is 5.76 Å². The fourth-order valence-corrected chi connectivity index (χ4v) is 1.43. The minimum atomic E-state index is -2.18. The fraction of sp³-hybridized carbons (Fsp3) is 0.0909. The number of hydrogen-bond acceptors (Lipinski definition) is 1. The molecule has 0 spiro atoms. The third kappa shape index (κ3) is 1.69. The lowest BCUT2D eigenvalue weighted by Crippen LogP contribution is -2.03. The zero-order valence-electron chi connectivity index (χ0n) is 8.45. The minimum absolute atomic E-state index is 0.199. The molecule has 0 bridgehead atoms. The van der Waals surface area contributed by atoms with Crippen molar-refractivity contribution in [3.05, 3.63) is 47.2 Å². The third-order valence-electron chi connectivity index (χ3n) is 2.23. The summed E-state index contributed by atoms with van der Waals surface area (Å²) in [6, 6.07) is 1.18. The summed E-state index contributed by atoms with van der Waals surface area (Å²) in [6.07, 6.45) is 0.924. The van der Waals surface area contributed by atoms with Crippen molar-refractivity contribution in [2.24, 2.45) is 0 Å². The van der Waals surface area contributed by atoms with Gasteiger partial charge in [-0.1, -0.05) is 0 Å². The predicted octanol–water partition coefficient (Wildman–Crippen LogP) is 3.95. The van der Waals surface area contributed by atoms with Gasteiger partial charge in [-0.2, -0.15) is 0 Å². The van der Waals surface area contributed by atoms with E-state index in [1.165, 1.54) is 13.0 Å². The van der Waals surface area contributed by atoms with Crippen LogP contribution in [0.1, 0.15) is 5.76 Å². The van der Waals surface area contributed by atoms with E-state index in [-0.39, 0.29) is 5.56 Å². The molecule has 0 amide bonds. The predicted molar refractivity (Wildman–Crippen MR) is 48.7 cm³/mol. The van der Waals surface area contributed by atoms with Crippen molar-refractivity contribution >= 4 is 0 Å². The highest BCUT2D eigenvalue weighted by Crippen LogP contribution is 2.32. The van der Waals surface area contributed by atoms with E-state index in [0.717, 1.165) is 6.26 Å². The van der Waals surface area contributed by atoms with Crippen LogP contribution in [0.15, 0.2) is 16.7 Å². The normalized spacial score (nSPS) is 10.9. The van der Waals surface area contributed by atoms with Crippen molar-refractivity contribution in [2.45, 2.75) is 6.92 Å². The Labute approximate surface area is 92.5 Å². The van der Waals surface area contributed by atoms with Crippen molar-refractivity contribution in [2.75, 3.05) is 0 Å². The Morgan fingerprint density at radius 2 is 1.29 bits per heavy atom. The molecular formula is C11H5F5O. The Balaban J connectivity index is 2.78. The molecule has 1 heterocycles. The van der Waals surface area contributed by atoms with Crippen molar-refractivity contribution in [1.29, 1.82) is 0 Å². The summed E-state index contributed by atoms with van der Waals surface area (Å²) in [5.41, 5.74) is -1.19. The first-order valence-corrected chi connectivity index (χ1v) is 4.50. The van der Waals surface area contributed by atoms with Gasteiger partial charge < -0.3 is 4.42 Å². The summed E-state index contributed by atoms with van der Waals surface area (Å²) in [5, 5.41) is 0. The maximum absolute atomic E-state index is 13.3. The van der Waals surface area contributed by atoms with E-state index in [1.807, 2.05) is 0 Å². The molecule has 0 N–H and O–H groups in total. The summed E-state index contributed by atoms with van der Waals surface area (Å²) < 4.78 is 70.0. The molecule has 90 valence electrons. The molecule has 0 radical (unpaired) electrons. The van der Waals surface area contributed by atoms with Gasteiger partial charge in [-0.3, -0.25) is 0 Å². The van der Waals surface area contributed by atoms with E-state index >= 15 is 0 Å². The second-order valence-corrected chi connectivity index (χ2v) is 3.39. The molecule has 1 nitrogen and oxygen atoms in total. The van der Waals surface area contributed by atoms with Gasteiger partial charge in [0, 0.05) is 5.56 Å². The Bertz CT molecular complexity index is 559. The van der Waals surface area contributed by atoms with Crippen LogP contribution in [0.4, 0.5) is 22.0 Å². The molecule has 17 heavy (non-hydrogen) atoms. The van der Waals surface area contributed by atoms with E-state index in [4.69, 9.17) is 4.42 Å². The van der Waals surface area contributed by atoms with E-state index in [9.17, 15) is 22.0 Å². The van der Waals surface area contributed by atoms with Crippen LogP contribution in [0.2, 0.25) is 0 Å². The van der Waals surface area contributed by atoms with E-state index in [1.54, 1.807) is 0 Å². The summed E-state index contributed by atoms with van der Waals surface area (Å²) in [4.78, 5) is 0. The standard InChI is InChI=1S/C11H5F5O/c1-4-2-5(3-17-4)6-7(12)9(14)11(16)10(15)8(6)13/h2-3H,1H3. The molecule has 0 aliphatic rings. The van der Waals surface area contributed by atoms with Gasteiger partial charge >= 0.3 is 0 Å². The molecule has 0 aliphatic heterocycles. The van der Waals surface area contributed by atoms with E-state index in [2.05, 4.69) is 0 Å². The topological polar surface area (TPSA) is 13.1 Å². The molecule has 1 aromatic carbocycles. The number of furan rings is 1. The van der Waals surface area contributed by atoms with Crippen LogP contribution in [-0.4, -0.2) is 0 Å². The SMILES string of the molecule is Cc1cc(-c2c(F)c(F)c(F)c(F)c2F)co1. The minimum Gasteiger partial charge on any atom is -0.469 e. The summed E-state index contributed by atoms with van der Waals surface area (Å²) in [5.74, 6) is -9.58.